The first-order valence-corrected chi connectivity index (χ1v) is 10.1. The molecule has 0 aromatic heterocycles. The number of ether oxygens (including phenoxy) is 1. The number of esters is 1. The van der Waals surface area contributed by atoms with Gasteiger partial charge in [-0.25, -0.2) is 17.6 Å². The van der Waals surface area contributed by atoms with Crippen molar-refractivity contribution < 1.29 is 27.1 Å². The lowest BCUT2D eigenvalue weighted by molar-refractivity contribution is -0.119. The fourth-order valence-corrected chi connectivity index (χ4v) is 4.30. The van der Waals surface area contributed by atoms with Gasteiger partial charge in [0, 0.05) is 18.8 Å². The number of nitrogens with zero attached hydrogens (tertiary/aromatic N) is 1. The lowest BCUT2D eigenvalue weighted by Gasteiger charge is -2.15. The van der Waals surface area contributed by atoms with Gasteiger partial charge in [0.2, 0.25) is 10.0 Å². The SMILES string of the molecule is O=C(COC(=O)c1ccc(S(=O)(=O)N2CCCC2)cc1)Nc1ccc(F)cc1. The average Bonchev–Trinajstić information content (AvgIpc) is 3.24. The predicted octanol–water partition coefficient (Wildman–Crippen LogP) is 2.41. The van der Waals surface area contributed by atoms with E-state index in [-0.39, 0.29) is 10.5 Å². The molecular formula is C19H19FN2O5S. The second kappa shape index (κ2) is 8.49. The van der Waals surface area contributed by atoms with Crippen LogP contribution >= 0.6 is 0 Å². The summed E-state index contributed by atoms with van der Waals surface area (Å²) in [6.45, 7) is 0.467. The summed E-state index contributed by atoms with van der Waals surface area (Å²) in [5.74, 6) is -1.76. The molecular weight excluding hydrogens is 387 g/mol. The molecule has 0 bridgehead atoms. The molecule has 1 aliphatic heterocycles. The molecule has 28 heavy (non-hydrogen) atoms. The van der Waals surface area contributed by atoms with Crippen molar-refractivity contribution in [1.82, 2.24) is 4.31 Å². The molecule has 1 saturated heterocycles. The highest BCUT2D eigenvalue weighted by atomic mass is 32.2. The second-order valence-electron chi connectivity index (χ2n) is 6.27. The van der Waals surface area contributed by atoms with E-state index in [9.17, 15) is 22.4 Å². The minimum absolute atomic E-state index is 0.111. The molecule has 2 aromatic rings. The second-order valence-corrected chi connectivity index (χ2v) is 8.20. The maximum Gasteiger partial charge on any atom is 0.338 e. The van der Waals surface area contributed by atoms with Gasteiger partial charge in [-0.1, -0.05) is 0 Å². The highest BCUT2D eigenvalue weighted by Gasteiger charge is 2.27. The highest BCUT2D eigenvalue weighted by molar-refractivity contribution is 7.89. The number of sulfonamides is 1. The first kappa shape index (κ1) is 20.0. The molecule has 1 N–H and O–H groups in total. The Morgan fingerprint density at radius 3 is 2.21 bits per heavy atom. The van der Waals surface area contributed by atoms with Crippen LogP contribution in [0.25, 0.3) is 0 Å². The van der Waals surface area contributed by atoms with Crippen LogP contribution in [0.15, 0.2) is 53.4 Å². The standard InChI is InChI=1S/C19H19FN2O5S/c20-15-5-7-16(8-6-15)21-18(23)13-27-19(24)14-3-9-17(10-4-14)28(25,26)22-11-1-2-12-22/h3-10H,1-2,11-13H2,(H,21,23). The summed E-state index contributed by atoms with van der Waals surface area (Å²) < 4.78 is 44.1. The van der Waals surface area contributed by atoms with Crippen molar-refractivity contribution >= 4 is 27.6 Å². The Labute approximate surface area is 162 Å². The third-order valence-electron chi connectivity index (χ3n) is 4.26. The van der Waals surface area contributed by atoms with Gasteiger partial charge in [-0.3, -0.25) is 4.79 Å². The Morgan fingerprint density at radius 2 is 1.61 bits per heavy atom. The zero-order valence-electron chi connectivity index (χ0n) is 14.9. The molecule has 1 heterocycles. The molecule has 0 unspecified atom stereocenters. The highest BCUT2D eigenvalue weighted by Crippen LogP contribution is 2.21. The summed E-state index contributed by atoms with van der Waals surface area (Å²) in [6.07, 6.45) is 1.67. The lowest BCUT2D eigenvalue weighted by Crippen LogP contribution is -2.27. The largest absolute Gasteiger partial charge is 0.452 e. The summed E-state index contributed by atoms with van der Waals surface area (Å²) in [6, 6.07) is 10.6. The summed E-state index contributed by atoms with van der Waals surface area (Å²) >= 11 is 0. The van der Waals surface area contributed by atoms with Gasteiger partial charge in [0.15, 0.2) is 6.61 Å². The van der Waals surface area contributed by atoms with Gasteiger partial charge in [0.25, 0.3) is 5.91 Å². The van der Waals surface area contributed by atoms with Gasteiger partial charge >= 0.3 is 5.97 Å². The van der Waals surface area contributed by atoms with E-state index in [0.717, 1.165) is 12.8 Å². The first-order valence-electron chi connectivity index (χ1n) is 8.69. The smallest absolute Gasteiger partial charge is 0.338 e. The third-order valence-corrected chi connectivity index (χ3v) is 6.17. The molecule has 148 valence electrons. The maximum absolute atomic E-state index is 12.8. The molecule has 0 aliphatic carbocycles. The van der Waals surface area contributed by atoms with E-state index in [4.69, 9.17) is 4.74 Å². The minimum atomic E-state index is -3.55. The van der Waals surface area contributed by atoms with Gasteiger partial charge in [0.05, 0.1) is 10.5 Å². The van der Waals surface area contributed by atoms with E-state index in [0.29, 0.717) is 18.8 Å². The summed E-state index contributed by atoms with van der Waals surface area (Å²) in [7, 11) is -3.55. The summed E-state index contributed by atoms with van der Waals surface area (Å²) in [5, 5.41) is 2.47. The number of benzene rings is 2. The van der Waals surface area contributed by atoms with Crippen molar-refractivity contribution in [3.05, 3.63) is 59.9 Å². The van der Waals surface area contributed by atoms with Crippen LogP contribution in [0, 0.1) is 5.82 Å². The van der Waals surface area contributed by atoms with Crippen molar-refractivity contribution in [3.63, 3.8) is 0 Å². The van der Waals surface area contributed by atoms with Gasteiger partial charge in [-0.2, -0.15) is 4.31 Å². The normalized spacial score (nSPS) is 14.6. The molecule has 1 fully saturated rings. The topological polar surface area (TPSA) is 92.8 Å². The van der Waals surface area contributed by atoms with Gasteiger partial charge < -0.3 is 10.1 Å². The van der Waals surface area contributed by atoms with Crippen molar-refractivity contribution in [1.29, 1.82) is 0 Å². The maximum atomic E-state index is 12.8. The van der Waals surface area contributed by atoms with E-state index in [1.54, 1.807) is 0 Å². The molecule has 3 rings (SSSR count). The van der Waals surface area contributed by atoms with Crippen LogP contribution in [0.1, 0.15) is 23.2 Å². The predicted molar refractivity (Wildman–Crippen MR) is 99.7 cm³/mol. The Kier molecular flexibility index (Phi) is 6.05. The van der Waals surface area contributed by atoms with Gasteiger partial charge in [0.1, 0.15) is 5.82 Å². The van der Waals surface area contributed by atoms with Crippen LogP contribution in [-0.4, -0.2) is 44.3 Å². The Hall–Kier alpha value is -2.78. The van der Waals surface area contributed by atoms with Crippen molar-refractivity contribution in [3.8, 4) is 0 Å². The van der Waals surface area contributed by atoms with E-state index in [1.807, 2.05) is 0 Å². The number of carbonyl (C=O) groups is 2. The lowest BCUT2D eigenvalue weighted by atomic mass is 10.2. The average molecular weight is 406 g/mol. The quantitative estimate of drug-likeness (QED) is 0.744. The van der Waals surface area contributed by atoms with Gasteiger partial charge in [-0.05, 0) is 61.4 Å². The van der Waals surface area contributed by atoms with Crippen molar-refractivity contribution in [2.45, 2.75) is 17.7 Å². The van der Waals surface area contributed by atoms with Crippen LogP contribution in [-0.2, 0) is 19.6 Å². The van der Waals surface area contributed by atoms with E-state index in [1.165, 1.54) is 52.8 Å². The molecule has 0 saturated carbocycles. The summed E-state index contributed by atoms with van der Waals surface area (Å²) in [5.41, 5.74) is 0.508. The molecule has 7 nitrogen and oxygen atoms in total. The van der Waals surface area contributed by atoms with E-state index in [2.05, 4.69) is 5.32 Å². The molecule has 2 aromatic carbocycles. The van der Waals surface area contributed by atoms with Crippen LogP contribution < -0.4 is 5.32 Å². The van der Waals surface area contributed by atoms with E-state index < -0.39 is 34.3 Å². The number of hydrogen-bond donors (Lipinski definition) is 1. The molecule has 9 heteroatoms. The number of hydrogen-bond acceptors (Lipinski definition) is 5. The molecule has 0 atom stereocenters. The number of anilines is 1. The summed E-state index contributed by atoms with van der Waals surface area (Å²) in [4.78, 5) is 24.0. The monoisotopic (exact) mass is 406 g/mol. The zero-order chi connectivity index (χ0) is 20.1. The van der Waals surface area contributed by atoms with Crippen molar-refractivity contribution in [2.75, 3.05) is 25.0 Å². The number of nitrogens with one attached hydrogen (secondary N) is 1. The molecule has 1 amide bonds. The molecule has 1 aliphatic rings. The van der Waals surface area contributed by atoms with Crippen LogP contribution in [0.2, 0.25) is 0 Å². The number of amides is 1. The van der Waals surface area contributed by atoms with Crippen molar-refractivity contribution in [2.24, 2.45) is 0 Å². The van der Waals surface area contributed by atoms with E-state index >= 15 is 0 Å². The zero-order valence-corrected chi connectivity index (χ0v) is 15.7. The Morgan fingerprint density at radius 1 is 1.00 bits per heavy atom. The van der Waals surface area contributed by atoms with Crippen LogP contribution in [0.4, 0.5) is 10.1 Å². The minimum Gasteiger partial charge on any atom is -0.452 e. The fraction of sp³-hybridized carbons (Fsp3) is 0.263. The van der Waals surface area contributed by atoms with Crippen LogP contribution in [0.5, 0.6) is 0 Å². The van der Waals surface area contributed by atoms with Crippen LogP contribution in [0.3, 0.4) is 0 Å². The molecule has 0 spiro atoms. The first-order chi connectivity index (χ1) is 13.4. The Bertz CT molecular complexity index is 953. The third kappa shape index (κ3) is 4.73. The number of halogens is 1. The fourth-order valence-electron chi connectivity index (χ4n) is 2.79. The number of carbonyl (C=O) groups excluding carboxylic acids is 2. The number of rotatable bonds is 6. The molecule has 0 radical (unpaired) electrons. The van der Waals surface area contributed by atoms with Gasteiger partial charge in [-0.15, -0.1) is 0 Å². The Balaban J connectivity index is 1.55.